The van der Waals surface area contributed by atoms with E-state index in [-0.39, 0.29) is 5.88 Å². The van der Waals surface area contributed by atoms with E-state index in [1.807, 2.05) is 4.40 Å². The molecule has 0 saturated carbocycles. The Bertz CT molecular complexity index is 476. The molecule has 2 aromatic rings. The van der Waals surface area contributed by atoms with Gasteiger partial charge in [-0.2, -0.15) is 4.98 Å². The van der Waals surface area contributed by atoms with Crippen LogP contribution in [0.4, 0.5) is 0 Å². The third kappa shape index (κ3) is 0.783. The molecule has 0 amide bonds. The summed E-state index contributed by atoms with van der Waals surface area (Å²) in [6.45, 7) is 0. The number of nitrogens with zero attached hydrogens (tertiary/aromatic N) is 4. The van der Waals surface area contributed by atoms with Crippen molar-refractivity contribution in [3.8, 4) is 5.88 Å². The molecule has 2 aromatic heterocycles. The van der Waals surface area contributed by atoms with Crippen molar-refractivity contribution in [2.24, 2.45) is 0 Å². The molecule has 66 valence electrons. The van der Waals surface area contributed by atoms with Crippen LogP contribution in [0.1, 0.15) is 17.7 Å². The number of aromatic nitrogens is 4. The van der Waals surface area contributed by atoms with Gasteiger partial charge in [-0.15, -0.1) is 10.2 Å². The summed E-state index contributed by atoms with van der Waals surface area (Å²) < 4.78 is 1.85. The normalized spacial score (nSPS) is 15.1. The minimum Gasteiger partial charge on any atom is -0.493 e. The summed E-state index contributed by atoms with van der Waals surface area (Å²) in [4.78, 5) is 3.95. The summed E-state index contributed by atoms with van der Waals surface area (Å²) in [5, 5.41) is 17.1. The van der Waals surface area contributed by atoms with Crippen LogP contribution in [0.15, 0.2) is 6.33 Å². The van der Waals surface area contributed by atoms with E-state index >= 15 is 0 Å². The quantitative estimate of drug-likeness (QED) is 0.627. The van der Waals surface area contributed by atoms with E-state index in [0.717, 1.165) is 30.5 Å². The van der Waals surface area contributed by atoms with Crippen LogP contribution < -0.4 is 0 Å². The van der Waals surface area contributed by atoms with E-state index in [0.29, 0.717) is 5.78 Å². The number of hydrogen-bond acceptors (Lipinski definition) is 4. The molecule has 13 heavy (non-hydrogen) atoms. The predicted molar refractivity (Wildman–Crippen MR) is 44.5 cm³/mol. The number of rotatable bonds is 0. The van der Waals surface area contributed by atoms with Crippen LogP contribution in [-0.4, -0.2) is 24.7 Å². The van der Waals surface area contributed by atoms with Crippen molar-refractivity contribution in [3.05, 3.63) is 17.6 Å². The summed E-state index contributed by atoms with van der Waals surface area (Å²) in [6, 6.07) is 0. The van der Waals surface area contributed by atoms with Gasteiger partial charge in [0.05, 0.1) is 0 Å². The highest BCUT2D eigenvalue weighted by atomic mass is 16.3. The third-order valence-electron chi connectivity index (χ3n) is 2.49. The average molecular weight is 176 g/mol. The maximum Gasteiger partial charge on any atom is 0.258 e. The highest BCUT2D eigenvalue weighted by molar-refractivity contribution is 5.42. The lowest BCUT2D eigenvalue weighted by molar-refractivity contribution is 0.447. The molecule has 0 aromatic carbocycles. The molecule has 0 unspecified atom stereocenters. The van der Waals surface area contributed by atoms with Gasteiger partial charge in [-0.25, -0.2) is 0 Å². The minimum atomic E-state index is 0.119. The summed E-state index contributed by atoms with van der Waals surface area (Å²) in [7, 11) is 0. The first-order valence-electron chi connectivity index (χ1n) is 4.27. The standard InChI is InChI=1S/C8H8N4O/c13-7-5-2-1-3-6(5)12-4-9-11-8(12)10-7/h4H,1-3H2,(H,10,11,13). The third-order valence-corrected chi connectivity index (χ3v) is 2.49. The van der Waals surface area contributed by atoms with Crippen molar-refractivity contribution in [2.75, 3.05) is 0 Å². The van der Waals surface area contributed by atoms with E-state index in [1.165, 1.54) is 0 Å². The Morgan fingerprint density at radius 3 is 3.23 bits per heavy atom. The Hall–Kier alpha value is -1.65. The summed E-state index contributed by atoms with van der Waals surface area (Å²) >= 11 is 0. The van der Waals surface area contributed by atoms with Gasteiger partial charge in [0.25, 0.3) is 5.78 Å². The van der Waals surface area contributed by atoms with Gasteiger partial charge < -0.3 is 5.11 Å². The van der Waals surface area contributed by atoms with E-state index in [1.54, 1.807) is 6.33 Å². The minimum absolute atomic E-state index is 0.119. The van der Waals surface area contributed by atoms with Gasteiger partial charge >= 0.3 is 0 Å². The molecule has 0 bridgehead atoms. The topological polar surface area (TPSA) is 63.3 Å². The Morgan fingerprint density at radius 2 is 2.31 bits per heavy atom. The smallest absolute Gasteiger partial charge is 0.258 e. The van der Waals surface area contributed by atoms with Crippen molar-refractivity contribution in [3.63, 3.8) is 0 Å². The molecule has 5 heteroatoms. The van der Waals surface area contributed by atoms with Gasteiger partial charge in [-0.3, -0.25) is 4.40 Å². The van der Waals surface area contributed by atoms with Crippen molar-refractivity contribution < 1.29 is 5.11 Å². The molecule has 0 fully saturated rings. The average Bonchev–Trinajstić information content (AvgIpc) is 2.66. The van der Waals surface area contributed by atoms with E-state index in [9.17, 15) is 5.11 Å². The molecule has 1 aliphatic rings. The number of hydrogen-bond donors (Lipinski definition) is 1. The Morgan fingerprint density at radius 1 is 1.38 bits per heavy atom. The molecule has 5 nitrogen and oxygen atoms in total. The van der Waals surface area contributed by atoms with Crippen molar-refractivity contribution in [2.45, 2.75) is 19.3 Å². The first kappa shape index (κ1) is 6.82. The predicted octanol–water partition coefficient (Wildman–Crippen LogP) is 0.319. The Labute approximate surface area is 74.1 Å². The van der Waals surface area contributed by atoms with Crippen molar-refractivity contribution in [1.82, 2.24) is 19.6 Å². The molecule has 3 rings (SSSR count). The van der Waals surface area contributed by atoms with E-state index < -0.39 is 0 Å². The molecule has 0 saturated heterocycles. The maximum atomic E-state index is 9.56. The second-order valence-electron chi connectivity index (χ2n) is 3.22. The van der Waals surface area contributed by atoms with Crippen LogP contribution in [-0.2, 0) is 12.8 Å². The molecule has 2 heterocycles. The summed E-state index contributed by atoms with van der Waals surface area (Å²) in [6.07, 6.45) is 4.59. The second kappa shape index (κ2) is 2.18. The fourth-order valence-corrected chi connectivity index (χ4v) is 1.89. The van der Waals surface area contributed by atoms with Crippen molar-refractivity contribution in [1.29, 1.82) is 0 Å². The van der Waals surface area contributed by atoms with Crippen LogP contribution in [0.25, 0.3) is 5.78 Å². The molecular formula is C8H8N4O. The van der Waals surface area contributed by atoms with Crippen molar-refractivity contribution >= 4 is 5.78 Å². The lowest BCUT2D eigenvalue weighted by atomic mass is 10.2. The van der Waals surface area contributed by atoms with Gasteiger partial charge in [-0.1, -0.05) is 0 Å². The number of aryl methyl sites for hydroxylation is 1. The van der Waals surface area contributed by atoms with Crippen LogP contribution in [0.2, 0.25) is 0 Å². The number of fused-ring (bicyclic) bond motifs is 3. The zero-order valence-corrected chi connectivity index (χ0v) is 6.93. The molecule has 1 aliphatic carbocycles. The SMILES string of the molecule is Oc1nc2nncn2c2c1CCC2. The van der Waals surface area contributed by atoms with Gasteiger partial charge in [0, 0.05) is 11.3 Å². The molecular weight excluding hydrogens is 168 g/mol. The molecule has 1 N–H and O–H groups in total. The van der Waals surface area contributed by atoms with Gasteiger partial charge in [-0.05, 0) is 19.3 Å². The van der Waals surface area contributed by atoms with Crippen LogP contribution >= 0.6 is 0 Å². The monoisotopic (exact) mass is 176 g/mol. The van der Waals surface area contributed by atoms with E-state index in [2.05, 4.69) is 15.2 Å². The molecule has 0 spiro atoms. The molecule has 0 atom stereocenters. The highest BCUT2D eigenvalue weighted by Gasteiger charge is 2.19. The maximum absolute atomic E-state index is 9.56. The molecule has 0 radical (unpaired) electrons. The van der Waals surface area contributed by atoms with Gasteiger partial charge in [0.2, 0.25) is 5.88 Å². The fourth-order valence-electron chi connectivity index (χ4n) is 1.89. The van der Waals surface area contributed by atoms with Gasteiger partial charge in [0.15, 0.2) is 0 Å². The lowest BCUT2D eigenvalue weighted by Crippen LogP contribution is -1.98. The lowest BCUT2D eigenvalue weighted by Gasteiger charge is -2.02. The highest BCUT2D eigenvalue weighted by Crippen LogP contribution is 2.28. The zero-order chi connectivity index (χ0) is 8.84. The van der Waals surface area contributed by atoms with Crippen LogP contribution in [0, 0.1) is 0 Å². The van der Waals surface area contributed by atoms with E-state index in [4.69, 9.17) is 0 Å². The zero-order valence-electron chi connectivity index (χ0n) is 6.93. The summed E-state index contributed by atoms with van der Waals surface area (Å²) in [5.74, 6) is 0.603. The largest absolute Gasteiger partial charge is 0.493 e. The molecule has 0 aliphatic heterocycles. The Kier molecular flexibility index (Phi) is 1.15. The number of aromatic hydroxyl groups is 1. The second-order valence-corrected chi connectivity index (χ2v) is 3.22. The van der Waals surface area contributed by atoms with Crippen LogP contribution in [0.3, 0.4) is 0 Å². The first-order valence-corrected chi connectivity index (χ1v) is 4.27. The fraction of sp³-hybridized carbons (Fsp3) is 0.375. The first-order chi connectivity index (χ1) is 6.36. The van der Waals surface area contributed by atoms with Gasteiger partial charge in [0.1, 0.15) is 6.33 Å². The van der Waals surface area contributed by atoms with Crippen LogP contribution in [0.5, 0.6) is 5.88 Å². The Balaban J connectivity index is 2.48. The summed E-state index contributed by atoms with van der Waals surface area (Å²) in [5.41, 5.74) is 2.06.